The number of rotatable bonds is 8. The number of carbonyl (C=O) groups is 1. The van der Waals surface area contributed by atoms with Gasteiger partial charge in [0.1, 0.15) is 0 Å². The molecule has 0 aliphatic carbocycles. The van der Waals surface area contributed by atoms with Crippen LogP contribution in [0.5, 0.6) is 0 Å². The minimum Gasteiger partial charge on any atom is -0.325 e. The molecule has 1 aromatic heterocycles. The molecule has 176 valence electrons. The second-order valence-electron chi connectivity index (χ2n) is 8.31. The number of hydrogen-bond acceptors (Lipinski definition) is 5. The third kappa shape index (κ3) is 5.48. The highest BCUT2D eigenvalue weighted by atomic mass is 32.2. The van der Waals surface area contributed by atoms with E-state index < -0.39 is 15.3 Å². The summed E-state index contributed by atoms with van der Waals surface area (Å²) in [7, 11) is -0.641. The van der Waals surface area contributed by atoms with E-state index in [1.165, 1.54) is 37.5 Å². The van der Waals surface area contributed by atoms with Crippen molar-refractivity contribution in [3.63, 3.8) is 0 Å². The van der Waals surface area contributed by atoms with E-state index in [0.717, 1.165) is 15.6 Å². The van der Waals surface area contributed by atoms with Gasteiger partial charge in [0.25, 0.3) is 0 Å². The first-order chi connectivity index (χ1) is 15.5. The summed E-state index contributed by atoms with van der Waals surface area (Å²) < 4.78 is 28.1. The summed E-state index contributed by atoms with van der Waals surface area (Å²) in [6.45, 7) is 7.93. The van der Waals surface area contributed by atoms with Crippen molar-refractivity contribution in [2.45, 2.75) is 48.9 Å². The van der Waals surface area contributed by atoms with Crippen molar-refractivity contribution < 1.29 is 13.2 Å². The van der Waals surface area contributed by atoms with Crippen molar-refractivity contribution in [3.8, 4) is 5.69 Å². The molecule has 1 N–H and O–H groups in total. The Morgan fingerprint density at radius 3 is 2.48 bits per heavy atom. The summed E-state index contributed by atoms with van der Waals surface area (Å²) >= 11 is 1.35. The highest BCUT2D eigenvalue weighted by molar-refractivity contribution is 8.00. The molecule has 1 amide bonds. The number of aromatic nitrogens is 2. The van der Waals surface area contributed by atoms with Crippen molar-refractivity contribution >= 4 is 33.4 Å². The fourth-order valence-electron chi connectivity index (χ4n) is 3.31. The summed E-state index contributed by atoms with van der Waals surface area (Å²) in [6.07, 6.45) is 3.62. The summed E-state index contributed by atoms with van der Waals surface area (Å²) in [5.74, 6) is 0.116. The molecule has 0 fully saturated rings. The van der Waals surface area contributed by atoms with Gasteiger partial charge in [0, 0.05) is 32.2 Å². The van der Waals surface area contributed by atoms with E-state index in [1.54, 1.807) is 18.3 Å². The number of benzene rings is 2. The molecule has 3 rings (SSSR count). The molecule has 0 spiro atoms. The van der Waals surface area contributed by atoms with Crippen LogP contribution in [0.2, 0.25) is 0 Å². The summed E-state index contributed by atoms with van der Waals surface area (Å²) in [6, 6.07) is 12.9. The Balaban J connectivity index is 1.81. The van der Waals surface area contributed by atoms with Gasteiger partial charge in [0.2, 0.25) is 15.9 Å². The smallest absolute Gasteiger partial charge is 0.242 e. The van der Waals surface area contributed by atoms with Gasteiger partial charge >= 0.3 is 0 Å². The molecule has 3 aromatic rings. The van der Waals surface area contributed by atoms with Crippen molar-refractivity contribution in [1.29, 1.82) is 0 Å². The summed E-state index contributed by atoms with van der Waals surface area (Å²) in [5.41, 5.74) is 3.50. The van der Waals surface area contributed by atoms with Crippen LogP contribution in [0.25, 0.3) is 5.69 Å². The molecule has 0 radical (unpaired) electrons. The number of aryl methyl sites for hydroxylation is 1. The van der Waals surface area contributed by atoms with E-state index in [-0.39, 0.29) is 10.8 Å². The largest absolute Gasteiger partial charge is 0.325 e. The predicted molar refractivity (Wildman–Crippen MR) is 134 cm³/mol. The fourth-order valence-corrected chi connectivity index (χ4v) is 5.11. The van der Waals surface area contributed by atoms with Crippen molar-refractivity contribution in [2.24, 2.45) is 0 Å². The van der Waals surface area contributed by atoms with E-state index in [9.17, 15) is 13.2 Å². The predicted octanol–water partition coefficient (Wildman–Crippen LogP) is 4.67. The van der Waals surface area contributed by atoms with Gasteiger partial charge in [-0.15, -0.1) is 0 Å². The molecule has 0 bridgehead atoms. The molecular formula is C24H30N4O3S2. The molecule has 2 aromatic carbocycles. The molecule has 7 nitrogen and oxygen atoms in total. The maximum atomic E-state index is 13.0. The molecule has 1 atom stereocenters. The quantitative estimate of drug-likeness (QED) is 0.468. The second-order valence-corrected chi connectivity index (χ2v) is 11.8. The Morgan fingerprint density at radius 1 is 1.12 bits per heavy atom. The molecule has 1 unspecified atom stereocenters. The van der Waals surface area contributed by atoms with Crippen molar-refractivity contribution in [1.82, 2.24) is 13.9 Å². The Hall–Kier alpha value is -2.62. The van der Waals surface area contributed by atoms with E-state index in [1.807, 2.05) is 42.8 Å². The monoisotopic (exact) mass is 486 g/mol. The lowest BCUT2D eigenvalue weighted by Gasteiger charge is -2.18. The van der Waals surface area contributed by atoms with Gasteiger partial charge < -0.3 is 5.32 Å². The van der Waals surface area contributed by atoms with Crippen LogP contribution in [0, 0.1) is 6.92 Å². The van der Waals surface area contributed by atoms with Gasteiger partial charge in [0.15, 0.2) is 5.16 Å². The van der Waals surface area contributed by atoms with Crippen LogP contribution in [-0.4, -0.2) is 47.5 Å². The van der Waals surface area contributed by atoms with Crippen LogP contribution >= 0.6 is 11.8 Å². The van der Waals surface area contributed by atoms with Gasteiger partial charge in [-0.05, 0) is 49.1 Å². The number of amides is 1. The van der Waals surface area contributed by atoms with Crippen LogP contribution in [0.3, 0.4) is 0 Å². The number of sulfonamides is 1. The number of para-hydroxylation sites is 1. The van der Waals surface area contributed by atoms with E-state index >= 15 is 0 Å². The number of hydrogen-bond donors (Lipinski definition) is 1. The zero-order valence-corrected chi connectivity index (χ0v) is 21.4. The minimum absolute atomic E-state index is 0.134. The number of imidazole rings is 1. The van der Waals surface area contributed by atoms with Gasteiger partial charge in [-0.2, -0.15) is 0 Å². The van der Waals surface area contributed by atoms with Crippen LogP contribution in [0.1, 0.15) is 37.8 Å². The van der Waals surface area contributed by atoms with E-state index in [2.05, 4.69) is 30.2 Å². The van der Waals surface area contributed by atoms with Gasteiger partial charge in [-0.1, -0.05) is 49.9 Å². The van der Waals surface area contributed by atoms with Crippen molar-refractivity contribution in [3.05, 3.63) is 66.0 Å². The van der Waals surface area contributed by atoms with Crippen LogP contribution in [-0.2, 0) is 14.8 Å². The highest BCUT2D eigenvalue weighted by Crippen LogP contribution is 2.30. The number of nitrogens with one attached hydrogen (secondary N) is 1. The molecule has 0 aliphatic heterocycles. The molecular weight excluding hydrogens is 456 g/mol. The third-order valence-electron chi connectivity index (χ3n) is 5.32. The van der Waals surface area contributed by atoms with Crippen LogP contribution < -0.4 is 5.32 Å². The molecule has 0 saturated carbocycles. The third-order valence-corrected chi connectivity index (χ3v) is 8.21. The maximum Gasteiger partial charge on any atom is 0.242 e. The van der Waals surface area contributed by atoms with Crippen molar-refractivity contribution in [2.75, 3.05) is 19.4 Å². The normalized spacial score (nSPS) is 12.8. The lowest BCUT2D eigenvalue weighted by Crippen LogP contribution is -2.25. The second kappa shape index (κ2) is 10.1. The Kier molecular flexibility index (Phi) is 7.66. The van der Waals surface area contributed by atoms with Crippen LogP contribution in [0.15, 0.2) is 64.9 Å². The molecule has 1 heterocycles. The standard InChI is InChI=1S/C24H30N4O3S2/c1-16(2)20-9-7-8-10-22(20)28-14-13-25-24(28)32-18(4)23(29)26-21-15-19(12-11-17(21)3)33(30,31)27(5)6/h7-16,18H,1-6H3,(H,26,29). The Labute approximate surface area is 200 Å². The van der Waals surface area contributed by atoms with E-state index in [4.69, 9.17) is 0 Å². The minimum atomic E-state index is -3.60. The average Bonchev–Trinajstić information content (AvgIpc) is 3.22. The maximum absolute atomic E-state index is 13.0. The van der Waals surface area contributed by atoms with Crippen LogP contribution in [0.4, 0.5) is 5.69 Å². The zero-order chi connectivity index (χ0) is 24.3. The summed E-state index contributed by atoms with van der Waals surface area (Å²) in [4.78, 5) is 17.6. The molecule has 0 aliphatic rings. The number of anilines is 1. The first kappa shape index (κ1) is 25.0. The lowest BCUT2D eigenvalue weighted by molar-refractivity contribution is -0.115. The Bertz CT molecular complexity index is 1250. The van der Waals surface area contributed by atoms with Gasteiger partial charge in [0.05, 0.1) is 15.8 Å². The van der Waals surface area contributed by atoms with Gasteiger partial charge in [-0.3, -0.25) is 9.36 Å². The average molecular weight is 487 g/mol. The summed E-state index contributed by atoms with van der Waals surface area (Å²) in [5, 5.41) is 3.14. The fraction of sp³-hybridized carbons (Fsp3) is 0.333. The molecule has 0 saturated heterocycles. The topological polar surface area (TPSA) is 84.3 Å². The van der Waals surface area contributed by atoms with E-state index in [0.29, 0.717) is 16.8 Å². The number of nitrogens with zero attached hydrogens (tertiary/aromatic N) is 3. The number of thioether (sulfide) groups is 1. The highest BCUT2D eigenvalue weighted by Gasteiger charge is 2.22. The number of carbonyl (C=O) groups excluding carboxylic acids is 1. The SMILES string of the molecule is Cc1ccc(S(=O)(=O)N(C)C)cc1NC(=O)C(C)Sc1nccn1-c1ccccc1C(C)C. The van der Waals surface area contributed by atoms with Gasteiger partial charge in [-0.25, -0.2) is 17.7 Å². The zero-order valence-electron chi connectivity index (χ0n) is 19.7. The molecule has 9 heteroatoms. The Morgan fingerprint density at radius 2 is 1.82 bits per heavy atom. The first-order valence-corrected chi connectivity index (χ1v) is 13.0. The lowest BCUT2D eigenvalue weighted by atomic mass is 10.0. The first-order valence-electron chi connectivity index (χ1n) is 10.7. The molecule has 33 heavy (non-hydrogen) atoms.